The van der Waals surface area contributed by atoms with E-state index in [1.807, 2.05) is 30.3 Å². The summed E-state index contributed by atoms with van der Waals surface area (Å²) in [4.78, 5) is 7.94. The fraction of sp³-hybridized carbons (Fsp3) is 0.238. The molecule has 1 heterocycles. The number of anilines is 4. The van der Waals surface area contributed by atoms with Crippen LogP contribution in [0.25, 0.3) is 0 Å². The first-order valence-electron chi connectivity index (χ1n) is 9.10. The molecule has 0 radical (unpaired) electrons. The van der Waals surface area contributed by atoms with E-state index in [1.165, 1.54) is 5.56 Å². The Balaban J connectivity index is 1.89. The van der Waals surface area contributed by atoms with Crippen molar-refractivity contribution >= 4 is 45.7 Å². The normalized spacial score (nSPS) is 12.5. The van der Waals surface area contributed by atoms with Gasteiger partial charge in [0, 0.05) is 15.5 Å². The maximum absolute atomic E-state index is 13.4. The van der Waals surface area contributed by atoms with Gasteiger partial charge < -0.3 is 10.6 Å². The summed E-state index contributed by atoms with van der Waals surface area (Å²) in [5, 5.41) is 5.76. The van der Waals surface area contributed by atoms with Crippen LogP contribution >= 0.6 is 22.6 Å². The smallest absolute Gasteiger partial charge is 0.339 e. The van der Waals surface area contributed by atoms with Crippen molar-refractivity contribution in [2.24, 2.45) is 0 Å². The largest absolute Gasteiger partial charge is 0.421 e. The number of para-hydroxylation sites is 1. The van der Waals surface area contributed by atoms with Crippen LogP contribution in [0.2, 0.25) is 0 Å². The van der Waals surface area contributed by atoms with Gasteiger partial charge in [-0.05, 0) is 64.8 Å². The molecule has 0 amide bonds. The van der Waals surface area contributed by atoms with E-state index in [-0.39, 0.29) is 11.8 Å². The van der Waals surface area contributed by atoms with Crippen molar-refractivity contribution in [3.8, 4) is 0 Å². The Labute approximate surface area is 181 Å². The summed E-state index contributed by atoms with van der Waals surface area (Å²) in [7, 11) is 0. The maximum Gasteiger partial charge on any atom is 0.421 e. The molecule has 0 fully saturated rings. The Bertz CT molecular complexity index is 974. The van der Waals surface area contributed by atoms with Crippen LogP contribution < -0.4 is 10.6 Å². The van der Waals surface area contributed by atoms with Crippen LogP contribution in [-0.2, 0) is 6.18 Å². The molecule has 0 aliphatic carbocycles. The summed E-state index contributed by atoms with van der Waals surface area (Å²) < 4.78 is 41.0. The molecular weight excluding hydrogens is 492 g/mol. The summed E-state index contributed by atoms with van der Waals surface area (Å²) in [6.45, 7) is 4.26. The monoisotopic (exact) mass is 512 g/mol. The van der Waals surface area contributed by atoms with Crippen molar-refractivity contribution < 1.29 is 13.2 Å². The average Bonchev–Trinajstić information content (AvgIpc) is 2.69. The minimum Gasteiger partial charge on any atom is -0.339 e. The Morgan fingerprint density at radius 2 is 1.72 bits per heavy atom. The predicted octanol–water partition coefficient (Wildman–Crippen LogP) is 7.10. The topological polar surface area (TPSA) is 49.8 Å². The first kappa shape index (κ1) is 21.4. The van der Waals surface area contributed by atoms with Crippen molar-refractivity contribution in [2.45, 2.75) is 32.4 Å². The number of halogens is 4. The minimum absolute atomic E-state index is 0.0859. The van der Waals surface area contributed by atoms with Crippen molar-refractivity contribution in [3.63, 3.8) is 0 Å². The van der Waals surface area contributed by atoms with Gasteiger partial charge in [0.2, 0.25) is 5.95 Å². The number of hydrogen-bond acceptors (Lipinski definition) is 4. The molecule has 0 bridgehead atoms. The third-order valence-electron chi connectivity index (χ3n) is 4.57. The highest BCUT2D eigenvalue weighted by atomic mass is 127. The molecule has 3 aromatic rings. The molecular formula is C21H20F3IN4. The third kappa shape index (κ3) is 5.37. The maximum atomic E-state index is 13.4. The van der Waals surface area contributed by atoms with Gasteiger partial charge in [-0.2, -0.15) is 18.2 Å². The lowest BCUT2D eigenvalue weighted by Gasteiger charge is -2.16. The molecule has 152 valence electrons. The zero-order valence-electron chi connectivity index (χ0n) is 15.9. The van der Waals surface area contributed by atoms with Crippen molar-refractivity contribution in [2.75, 3.05) is 10.6 Å². The van der Waals surface area contributed by atoms with Crippen molar-refractivity contribution in [1.29, 1.82) is 0 Å². The molecule has 0 saturated carbocycles. The molecule has 8 heteroatoms. The number of rotatable bonds is 6. The van der Waals surface area contributed by atoms with Crippen LogP contribution in [0, 0.1) is 3.57 Å². The molecule has 1 atom stereocenters. The highest BCUT2D eigenvalue weighted by molar-refractivity contribution is 14.1. The summed E-state index contributed by atoms with van der Waals surface area (Å²) in [6, 6.07) is 14.8. The van der Waals surface area contributed by atoms with Crippen LogP contribution in [0.5, 0.6) is 0 Å². The molecule has 1 unspecified atom stereocenters. The Hall–Kier alpha value is -2.36. The molecule has 29 heavy (non-hydrogen) atoms. The second-order valence-electron chi connectivity index (χ2n) is 6.61. The lowest BCUT2D eigenvalue weighted by molar-refractivity contribution is -0.137. The number of aromatic nitrogens is 2. The van der Waals surface area contributed by atoms with Crippen molar-refractivity contribution in [1.82, 2.24) is 9.97 Å². The van der Waals surface area contributed by atoms with E-state index in [9.17, 15) is 13.2 Å². The van der Waals surface area contributed by atoms with E-state index < -0.39 is 11.7 Å². The van der Waals surface area contributed by atoms with Gasteiger partial charge in [-0.15, -0.1) is 0 Å². The van der Waals surface area contributed by atoms with Gasteiger partial charge in [0.15, 0.2) is 0 Å². The standard InChI is InChI=1S/C21H20F3IN4/c1-3-13(2)14-8-10-15(11-9-14)27-20-26-12-16(21(22,23)24)19(29-20)28-18-7-5-4-6-17(18)25/h4-13H,3H2,1-2H3,(H2,26,27,28,29). The minimum atomic E-state index is -4.57. The van der Waals surface area contributed by atoms with Crippen LogP contribution in [0.15, 0.2) is 54.7 Å². The fourth-order valence-electron chi connectivity index (χ4n) is 2.69. The molecule has 2 N–H and O–H groups in total. The van der Waals surface area contributed by atoms with Crippen LogP contribution in [0.4, 0.5) is 36.3 Å². The summed E-state index contributed by atoms with van der Waals surface area (Å²) >= 11 is 2.06. The highest BCUT2D eigenvalue weighted by Crippen LogP contribution is 2.36. The third-order valence-corrected chi connectivity index (χ3v) is 5.51. The quantitative estimate of drug-likeness (QED) is 0.346. The summed E-state index contributed by atoms with van der Waals surface area (Å²) in [5.41, 5.74) is 1.53. The van der Waals surface area contributed by atoms with Gasteiger partial charge in [-0.1, -0.05) is 38.1 Å². The molecule has 0 aliphatic heterocycles. The van der Waals surface area contributed by atoms with E-state index in [0.717, 1.165) is 16.2 Å². The first-order valence-corrected chi connectivity index (χ1v) is 10.2. The lowest BCUT2D eigenvalue weighted by atomic mass is 9.99. The summed E-state index contributed by atoms with van der Waals surface area (Å²) in [5.74, 6) is 0.230. The van der Waals surface area contributed by atoms with Gasteiger partial charge in [0.05, 0.1) is 5.69 Å². The van der Waals surface area contributed by atoms with Crippen LogP contribution in [0.1, 0.15) is 37.3 Å². The zero-order chi connectivity index (χ0) is 21.0. The van der Waals surface area contributed by atoms with Crippen LogP contribution in [-0.4, -0.2) is 9.97 Å². The highest BCUT2D eigenvalue weighted by Gasteiger charge is 2.35. The summed E-state index contributed by atoms with van der Waals surface area (Å²) in [6.07, 6.45) is -2.75. The number of nitrogens with one attached hydrogen (secondary N) is 2. The van der Waals surface area contributed by atoms with Crippen molar-refractivity contribution in [3.05, 3.63) is 69.4 Å². The van der Waals surface area contributed by atoms with E-state index in [0.29, 0.717) is 17.3 Å². The molecule has 4 nitrogen and oxygen atoms in total. The zero-order valence-corrected chi connectivity index (χ0v) is 18.0. The molecule has 2 aromatic carbocycles. The fourth-order valence-corrected chi connectivity index (χ4v) is 3.22. The van der Waals surface area contributed by atoms with E-state index in [1.54, 1.807) is 18.2 Å². The van der Waals surface area contributed by atoms with E-state index >= 15 is 0 Å². The van der Waals surface area contributed by atoms with Crippen LogP contribution in [0.3, 0.4) is 0 Å². The number of alkyl halides is 3. The molecule has 0 aliphatic rings. The molecule has 1 aromatic heterocycles. The van der Waals surface area contributed by atoms with Gasteiger partial charge >= 0.3 is 6.18 Å². The lowest BCUT2D eigenvalue weighted by Crippen LogP contribution is -2.13. The second-order valence-corrected chi connectivity index (χ2v) is 7.78. The number of nitrogens with zero attached hydrogens (tertiary/aromatic N) is 2. The molecule has 0 spiro atoms. The Morgan fingerprint density at radius 1 is 1.03 bits per heavy atom. The average molecular weight is 512 g/mol. The van der Waals surface area contributed by atoms with Gasteiger partial charge in [0.25, 0.3) is 0 Å². The second kappa shape index (κ2) is 8.98. The van der Waals surface area contributed by atoms with Gasteiger partial charge in [-0.25, -0.2) is 4.98 Å². The number of benzene rings is 2. The van der Waals surface area contributed by atoms with Gasteiger partial charge in [0.1, 0.15) is 11.4 Å². The Kier molecular flexibility index (Phi) is 6.61. The molecule has 0 saturated heterocycles. The van der Waals surface area contributed by atoms with E-state index in [4.69, 9.17) is 0 Å². The number of hydrogen-bond donors (Lipinski definition) is 2. The Morgan fingerprint density at radius 3 is 2.34 bits per heavy atom. The first-order chi connectivity index (χ1) is 13.8. The predicted molar refractivity (Wildman–Crippen MR) is 118 cm³/mol. The van der Waals surface area contributed by atoms with E-state index in [2.05, 4.69) is 57.0 Å². The van der Waals surface area contributed by atoms with Gasteiger partial charge in [-0.3, -0.25) is 0 Å². The molecule has 3 rings (SSSR count). The SMILES string of the molecule is CCC(C)c1ccc(Nc2ncc(C(F)(F)F)c(Nc3ccccc3I)n2)cc1.